The second-order valence-corrected chi connectivity index (χ2v) is 7.36. The van der Waals surface area contributed by atoms with E-state index in [0.29, 0.717) is 0 Å². The van der Waals surface area contributed by atoms with E-state index >= 15 is 0 Å². The van der Waals surface area contributed by atoms with E-state index in [2.05, 4.69) is 92.8 Å². The van der Waals surface area contributed by atoms with Crippen LogP contribution in [0.3, 0.4) is 0 Å². The minimum Gasteiger partial charge on any atom is -0.308 e. The first-order valence-corrected chi connectivity index (χ1v) is 9.49. The number of aromatic nitrogens is 3. The highest BCUT2D eigenvalue weighted by Crippen LogP contribution is 2.39. The van der Waals surface area contributed by atoms with E-state index in [-0.39, 0.29) is 0 Å². The largest absolute Gasteiger partial charge is 0.308 e. The summed E-state index contributed by atoms with van der Waals surface area (Å²) < 4.78 is 4.58. The smallest absolute Gasteiger partial charge is 0.100 e. The maximum absolute atomic E-state index is 4.56. The van der Waals surface area contributed by atoms with Crippen molar-refractivity contribution in [2.24, 2.45) is 0 Å². The quantitative estimate of drug-likeness (QED) is 0.344. The second-order valence-electron chi connectivity index (χ2n) is 7.36. The maximum Gasteiger partial charge on any atom is 0.100 e. The Morgan fingerprint density at radius 2 is 1.29 bits per heavy atom. The summed E-state index contributed by atoms with van der Waals surface area (Å²) in [6, 6.07) is 30.3. The lowest BCUT2D eigenvalue weighted by molar-refractivity contribution is 1.10. The number of nitrogens with zero attached hydrogens (tertiary/aromatic N) is 3. The molecule has 0 N–H and O–H groups in total. The summed E-state index contributed by atoms with van der Waals surface area (Å²) in [7, 11) is 0. The highest BCUT2D eigenvalue weighted by atomic mass is 15.0. The molecule has 0 aliphatic heterocycles. The van der Waals surface area contributed by atoms with Crippen LogP contribution in [0.5, 0.6) is 0 Å². The zero-order valence-corrected chi connectivity index (χ0v) is 15.0. The second kappa shape index (κ2) is 4.90. The monoisotopic (exact) mass is 357 g/mol. The molecule has 0 unspecified atom stereocenters. The van der Waals surface area contributed by atoms with Gasteiger partial charge in [0.15, 0.2) is 0 Å². The molecule has 4 aromatic carbocycles. The van der Waals surface area contributed by atoms with Crippen molar-refractivity contribution in [3.63, 3.8) is 0 Å². The molecule has 0 saturated carbocycles. The van der Waals surface area contributed by atoms with Gasteiger partial charge in [-0.3, -0.25) is 4.57 Å². The van der Waals surface area contributed by atoms with Crippen LogP contribution in [0.4, 0.5) is 0 Å². The molecular weight excluding hydrogens is 342 g/mol. The Morgan fingerprint density at radius 1 is 0.571 bits per heavy atom. The van der Waals surface area contributed by atoms with Gasteiger partial charge in [-0.2, -0.15) is 0 Å². The third-order valence-corrected chi connectivity index (χ3v) is 5.94. The molecule has 7 rings (SSSR count). The summed E-state index contributed by atoms with van der Waals surface area (Å²) in [4.78, 5) is 4.56. The fourth-order valence-corrected chi connectivity index (χ4v) is 4.74. The lowest BCUT2D eigenvalue weighted by Crippen LogP contribution is -1.91. The molecule has 0 saturated heterocycles. The molecule has 0 radical (unpaired) electrons. The third-order valence-electron chi connectivity index (χ3n) is 5.94. The van der Waals surface area contributed by atoms with E-state index in [1.807, 2.05) is 12.4 Å². The van der Waals surface area contributed by atoms with Crippen molar-refractivity contribution in [2.45, 2.75) is 0 Å². The Morgan fingerprint density at radius 3 is 2.21 bits per heavy atom. The molecule has 3 nitrogen and oxygen atoms in total. The van der Waals surface area contributed by atoms with Crippen molar-refractivity contribution >= 4 is 49.1 Å². The fraction of sp³-hybridized carbons (Fsp3) is 0. The van der Waals surface area contributed by atoms with Gasteiger partial charge >= 0.3 is 0 Å². The predicted octanol–water partition coefficient (Wildman–Crippen LogP) is 6.18. The van der Waals surface area contributed by atoms with Crippen molar-refractivity contribution in [3.05, 3.63) is 91.3 Å². The highest BCUT2D eigenvalue weighted by Gasteiger charge is 2.17. The molecule has 0 amide bonds. The van der Waals surface area contributed by atoms with Gasteiger partial charge in [0.1, 0.15) is 6.33 Å². The van der Waals surface area contributed by atoms with Crippen molar-refractivity contribution in [2.75, 3.05) is 0 Å². The van der Waals surface area contributed by atoms with Crippen molar-refractivity contribution in [1.82, 2.24) is 14.0 Å². The molecule has 130 valence electrons. The topological polar surface area (TPSA) is 22.2 Å². The highest BCUT2D eigenvalue weighted by molar-refractivity contribution is 6.23. The molecule has 0 spiro atoms. The lowest BCUT2D eigenvalue weighted by Gasteiger charge is -2.05. The zero-order valence-electron chi connectivity index (χ0n) is 15.0. The van der Waals surface area contributed by atoms with Crippen LogP contribution in [0, 0.1) is 0 Å². The van der Waals surface area contributed by atoms with Crippen molar-refractivity contribution in [1.29, 1.82) is 0 Å². The summed E-state index contributed by atoms with van der Waals surface area (Å²) >= 11 is 0. The van der Waals surface area contributed by atoms with Gasteiger partial charge in [-0.05, 0) is 36.4 Å². The minimum atomic E-state index is 1.02. The number of para-hydroxylation sites is 4. The summed E-state index contributed by atoms with van der Waals surface area (Å²) in [6.07, 6.45) is 1.91. The number of benzene rings is 4. The molecule has 3 heterocycles. The molecule has 3 heteroatoms. The zero-order chi connectivity index (χ0) is 18.2. The van der Waals surface area contributed by atoms with Gasteiger partial charge in [0, 0.05) is 27.2 Å². The molecular formula is C25H15N3. The van der Waals surface area contributed by atoms with E-state index in [9.17, 15) is 0 Å². The minimum absolute atomic E-state index is 1.02. The van der Waals surface area contributed by atoms with Gasteiger partial charge in [-0.25, -0.2) is 4.98 Å². The fourth-order valence-electron chi connectivity index (χ4n) is 4.74. The van der Waals surface area contributed by atoms with Crippen LogP contribution in [0.25, 0.3) is 54.8 Å². The lowest BCUT2D eigenvalue weighted by atomic mass is 10.1. The molecule has 0 aliphatic carbocycles. The number of hydrogen-bond donors (Lipinski definition) is 0. The SMILES string of the molecule is c1ccc2c(c1)ncn2-c1ccc2c(c1)c1cccc3c4ccccc4n2c31. The summed E-state index contributed by atoms with van der Waals surface area (Å²) in [6.45, 7) is 0. The first-order chi connectivity index (χ1) is 13.9. The molecule has 3 aromatic heterocycles. The van der Waals surface area contributed by atoms with E-state index in [1.54, 1.807) is 0 Å². The Bertz CT molecular complexity index is 1670. The van der Waals surface area contributed by atoms with Crippen LogP contribution in [-0.4, -0.2) is 14.0 Å². The van der Waals surface area contributed by atoms with Gasteiger partial charge < -0.3 is 4.40 Å². The van der Waals surface area contributed by atoms with Crippen LogP contribution < -0.4 is 0 Å². The molecule has 0 aliphatic rings. The van der Waals surface area contributed by atoms with Crippen molar-refractivity contribution < 1.29 is 0 Å². The van der Waals surface area contributed by atoms with Gasteiger partial charge in [-0.15, -0.1) is 0 Å². The molecule has 28 heavy (non-hydrogen) atoms. The number of hydrogen-bond acceptors (Lipinski definition) is 1. The average Bonchev–Trinajstić information content (AvgIpc) is 3.42. The van der Waals surface area contributed by atoms with E-state index in [4.69, 9.17) is 0 Å². The Kier molecular flexibility index (Phi) is 2.49. The maximum atomic E-state index is 4.56. The van der Waals surface area contributed by atoms with E-state index in [0.717, 1.165) is 16.7 Å². The predicted molar refractivity (Wildman–Crippen MR) is 116 cm³/mol. The van der Waals surface area contributed by atoms with Crippen LogP contribution in [0.1, 0.15) is 0 Å². The number of imidazole rings is 1. The first-order valence-electron chi connectivity index (χ1n) is 9.49. The number of rotatable bonds is 1. The van der Waals surface area contributed by atoms with Crippen molar-refractivity contribution in [3.8, 4) is 5.69 Å². The summed E-state index contributed by atoms with van der Waals surface area (Å²) in [5, 5.41) is 5.21. The van der Waals surface area contributed by atoms with E-state index < -0.39 is 0 Å². The van der Waals surface area contributed by atoms with Gasteiger partial charge in [-0.1, -0.05) is 48.5 Å². The van der Waals surface area contributed by atoms with Crippen LogP contribution in [-0.2, 0) is 0 Å². The van der Waals surface area contributed by atoms with Crippen LogP contribution in [0.15, 0.2) is 91.3 Å². The Balaban J connectivity index is 1.64. The Labute approximate surface area is 160 Å². The standard InChI is InChI=1S/C25H15N3/c1-3-10-22-17(6-1)18-7-5-8-19-20-14-16(12-13-23(20)28(22)25(18)19)27-15-26-21-9-2-4-11-24(21)27/h1-15H. The van der Waals surface area contributed by atoms with Gasteiger partial charge in [0.25, 0.3) is 0 Å². The molecule has 0 atom stereocenters. The summed E-state index contributed by atoms with van der Waals surface area (Å²) in [5.74, 6) is 0. The first kappa shape index (κ1) is 14.2. The van der Waals surface area contributed by atoms with Crippen LogP contribution >= 0.6 is 0 Å². The third kappa shape index (κ3) is 1.62. The summed E-state index contributed by atoms with van der Waals surface area (Å²) in [5.41, 5.74) is 7.11. The van der Waals surface area contributed by atoms with Gasteiger partial charge in [0.2, 0.25) is 0 Å². The van der Waals surface area contributed by atoms with Crippen LogP contribution in [0.2, 0.25) is 0 Å². The molecule has 0 bridgehead atoms. The average molecular weight is 357 g/mol. The van der Waals surface area contributed by atoms with E-state index in [1.165, 1.54) is 38.1 Å². The normalized spacial score (nSPS) is 12.3. The molecule has 7 aromatic rings. The Hall–Kier alpha value is -3.85. The molecule has 0 fully saturated rings. The number of fused-ring (bicyclic) bond motifs is 7. The van der Waals surface area contributed by atoms with Gasteiger partial charge in [0.05, 0.1) is 27.6 Å².